The van der Waals surface area contributed by atoms with Gasteiger partial charge in [-0.15, -0.1) is 0 Å². The average molecular weight is 392 g/mol. The highest BCUT2D eigenvalue weighted by Gasteiger charge is 2.35. The Hall–Kier alpha value is -2.66. The molecule has 5 heteroatoms. The van der Waals surface area contributed by atoms with Crippen LogP contribution in [0, 0.1) is 5.92 Å². The van der Waals surface area contributed by atoms with Crippen LogP contribution >= 0.6 is 0 Å². The molecular formula is C24H29N3O2. The van der Waals surface area contributed by atoms with Crippen molar-refractivity contribution in [2.24, 2.45) is 5.92 Å². The molecule has 5 nitrogen and oxygen atoms in total. The van der Waals surface area contributed by atoms with Gasteiger partial charge in [0.05, 0.1) is 6.04 Å². The van der Waals surface area contributed by atoms with Crippen LogP contribution in [-0.2, 0) is 4.79 Å². The van der Waals surface area contributed by atoms with E-state index in [1.54, 1.807) is 0 Å². The Labute approximate surface area is 172 Å². The molecule has 29 heavy (non-hydrogen) atoms. The van der Waals surface area contributed by atoms with Crippen molar-refractivity contribution < 1.29 is 9.59 Å². The molecule has 2 aliphatic rings. The molecule has 2 aromatic carbocycles. The average Bonchev–Trinajstić information content (AvgIpc) is 2.79. The molecule has 152 valence electrons. The van der Waals surface area contributed by atoms with E-state index in [1.165, 1.54) is 5.56 Å². The third-order valence-corrected chi connectivity index (χ3v) is 6.29. The summed E-state index contributed by atoms with van der Waals surface area (Å²) in [6, 6.07) is 18.3. The Balaban J connectivity index is 1.42. The van der Waals surface area contributed by atoms with Crippen LogP contribution in [0.5, 0.6) is 0 Å². The zero-order valence-corrected chi connectivity index (χ0v) is 17.0. The minimum absolute atomic E-state index is 0.0927. The van der Waals surface area contributed by atoms with Crippen molar-refractivity contribution in [2.75, 3.05) is 44.7 Å². The fourth-order valence-corrected chi connectivity index (χ4v) is 4.53. The number of hydrogen-bond acceptors (Lipinski definition) is 4. The molecule has 1 amide bonds. The number of anilines is 1. The molecule has 4 rings (SSSR count). The summed E-state index contributed by atoms with van der Waals surface area (Å²) in [5.74, 6) is 0.401. The molecule has 2 aromatic rings. The lowest BCUT2D eigenvalue weighted by Gasteiger charge is -2.43. The fourth-order valence-electron chi connectivity index (χ4n) is 4.53. The molecule has 0 unspecified atom stereocenters. The number of amides is 1. The maximum atomic E-state index is 13.4. The highest BCUT2D eigenvalue weighted by Crippen LogP contribution is 2.30. The summed E-state index contributed by atoms with van der Waals surface area (Å²) in [6.07, 6.45) is 2.62. The lowest BCUT2D eigenvalue weighted by atomic mass is 9.92. The van der Waals surface area contributed by atoms with Crippen LogP contribution < -0.4 is 4.90 Å². The van der Waals surface area contributed by atoms with Crippen molar-refractivity contribution in [1.82, 2.24) is 9.80 Å². The van der Waals surface area contributed by atoms with E-state index >= 15 is 0 Å². The summed E-state index contributed by atoms with van der Waals surface area (Å²) in [6.45, 7) is 4.36. The lowest BCUT2D eigenvalue weighted by molar-refractivity contribution is -0.141. The SMILES string of the molecule is CN1CCN(C(=O)C2CCN(c3ccc(C=O)cc3)CC2)[C@H](c2ccccc2)C1. The largest absolute Gasteiger partial charge is 0.371 e. The Bertz CT molecular complexity index is 829. The summed E-state index contributed by atoms with van der Waals surface area (Å²) in [7, 11) is 2.13. The maximum Gasteiger partial charge on any atom is 0.226 e. The molecular weight excluding hydrogens is 362 g/mol. The smallest absolute Gasteiger partial charge is 0.226 e. The topological polar surface area (TPSA) is 43.9 Å². The number of piperazine rings is 1. The van der Waals surface area contributed by atoms with Crippen molar-refractivity contribution >= 4 is 17.9 Å². The van der Waals surface area contributed by atoms with Crippen LogP contribution in [0.2, 0.25) is 0 Å². The van der Waals surface area contributed by atoms with Gasteiger partial charge >= 0.3 is 0 Å². The first kappa shape index (κ1) is 19.6. The van der Waals surface area contributed by atoms with Gasteiger partial charge in [-0.1, -0.05) is 30.3 Å². The van der Waals surface area contributed by atoms with Crippen molar-refractivity contribution in [3.05, 3.63) is 65.7 Å². The summed E-state index contributed by atoms with van der Waals surface area (Å²) >= 11 is 0. The normalized spacial score (nSPS) is 21.2. The molecule has 0 aliphatic carbocycles. The van der Waals surface area contributed by atoms with E-state index in [1.807, 2.05) is 30.3 Å². The van der Waals surface area contributed by atoms with E-state index in [0.717, 1.165) is 57.5 Å². The minimum atomic E-state index is 0.0927. The molecule has 0 bridgehead atoms. The zero-order chi connectivity index (χ0) is 20.2. The molecule has 0 radical (unpaired) electrons. The van der Waals surface area contributed by atoms with Gasteiger partial charge in [0.1, 0.15) is 6.29 Å². The van der Waals surface area contributed by atoms with Crippen LogP contribution in [0.1, 0.15) is 34.8 Å². The lowest BCUT2D eigenvalue weighted by Crippen LogP contribution is -2.52. The van der Waals surface area contributed by atoms with E-state index in [4.69, 9.17) is 0 Å². The Kier molecular flexibility index (Phi) is 5.95. The molecule has 2 fully saturated rings. The monoisotopic (exact) mass is 391 g/mol. The van der Waals surface area contributed by atoms with Gasteiger partial charge in [0.15, 0.2) is 0 Å². The van der Waals surface area contributed by atoms with Gasteiger partial charge in [-0.2, -0.15) is 0 Å². The van der Waals surface area contributed by atoms with E-state index in [9.17, 15) is 9.59 Å². The molecule has 2 aliphatic heterocycles. The molecule has 2 saturated heterocycles. The van der Waals surface area contributed by atoms with Gasteiger partial charge in [0.2, 0.25) is 5.91 Å². The van der Waals surface area contributed by atoms with E-state index in [-0.39, 0.29) is 12.0 Å². The summed E-state index contributed by atoms with van der Waals surface area (Å²) in [4.78, 5) is 31.0. The van der Waals surface area contributed by atoms with E-state index < -0.39 is 0 Å². The number of hydrogen-bond donors (Lipinski definition) is 0. The number of piperidine rings is 1. The Morgan fingerprint density at radius 2 is 1.62 bits per heavy atom. The van der Waals surface area contributed by atoms with Gasteiger partial charge < -0.3 is 14.7 Å². The van der Waals surface area contributed by atoms with Crippen LogP contribution in [-0.4, -0.2) is 61.8 Å². The highest BCUT2D eigenvalue weighted by atomic mass is 16.2. The number of likely N-dealkylation sites (N-methyl/N-ethyl adjacent to an activating group) is 1. The number of nitrogens with zero attached hydrogens (tertiary/aromatic N) is 3. The molecule has 0 saturated carbocycles. The third-order valence-electron chi connectivity index (χ3n) is 6.29. The number of rotatable bonds is 4. The van der Waals surface area contributed by atoms with Crippen LogP contribution in [0.3, 0.4) is 0 Å². The highest BCUT2D eigenvalue weighted by molar-refractivity contribution is 5.80. The predicted molar refractivity (Wildman–Crippen MR) is 115 cm³/mol. The minimum Gasteiger partial charge on any atom is -0.371 e. The van der Waals surface area contributed by atoms with Crippen LogP contribution in [0.4, 0.5) is 5.69 Å². The number of carbonyl (C=O) groups is 2. The first-order valence-electron chi connectivity index (χ1n) is 10.5. The third kappa shape index (κ3) is 4.35. The van der Waals surface area contributed by atoms with Gasteiger partial charge in [0.25, 0.3) is 0 Å². The second-order valence-electron chi connectivity index (χ2n) is 8.19. The predicted octanol–water partition coefficient (Wildman–Crippen LogP) is 3.23. The van der Waals surface area contributed by atoms with Crippen molar-refractivity contribution in [3.8, 4) is 0 Å². The maximum absolute atomic E-state index is 13.4. The zero-order valence-electron chi connectivity index (χ0n) is 17.0. The second-order valence-corrected chi connectivity index (χ2v) is 8.19. The van der Waals surface area contributed by atoms with Gasteiger partial charge in [-0.05, 0) is 49.7 Å². The summed E-state index contributed by atoms with van der Waals surface area (Å²) in [5, 5.41) is 0. The molecule has 0 N–H and O–H groups in total. The number of aldehydes is 1. The van der Waals surface area contributed by atoms with Crippen molar-refractivity contribution in [3.63, 3.8) is 0 Å². The van der Waals surface area contributed by atoms with Gasteiger partial charge in [-0.25, -0.2) is 0 Å². The van der Waals surface area contributed by atoms with Crippen LogP contribution in [0.25, 0.3) is 0 Å². The molecule has 2 heterocycles. The molecule has 1 atom stereocenters. The van der Waals surface area contributed by atoms with Gasteiger partial charge in [0, 0.05) is 49.9 Å². The quantitative estimate of drug-likeness (QED) is 0.751. The van der Waals surface area contributed by atoms with Crippen LogP contribution in [0.15, 0.2) is 54.6 Å². The number of benzene rings is 2. The first-order chi connectivity index (χ1) is 14.2. The second kappa shape index (κ2) is 8.78. The Morgan fingerprint density at radius 1 is 0.931 bits per heavy atom. The number of carbonyl (C=O) groups excluding carboxylic acids is 2. The van der Waals surface area contributed by atoms with E-state index in [2.05, 4.69) is 46.0 Å². The summed E-state index contributed by atoms with van der Waals surface area (Å²) in [5.41, 5.74) is 3.05. The van der Waals surface area contributed by atoms with E-state index in [0.29, 0.717) is 11.5 Å². The Morgan fingerprint density at radius 3 is 2.28 bits per heavy atom. The fraction of sp³-hybridized carbons (Fsp3) is 0.417. The first-order valence-corrected chi connectivity index (χ1v) is 10.5. The molecule has 0 spiro atoms. The van der Waals surface area contributed by atoms with Crippen molar-refractivity contribution in [2.45, 2.75) is 18.9 Å². The van der Waals surface area contributed by atoms with Gasteiger partial charge in [-0.3, -0.25) is 9.59 Å². The van der Waals surface area contributed by atoms with Crippen molar-refractivity contribution in [1.29, 1.82) is 0 Å². The molecule has 0 aromatic heterocycles. The standard InChI is InChI=1S/C24H29N3O2/c1-25-15-16-27(23(17-25)20-5-3-2-4-6-20)24(29)21-11-13-26(14-12-21)22-9-7-19(18-28)8-10-22/h2-10,18,21,23H,11-17H2,1H3/t23-/m0/s1. The summed E-state index contributed by atoms with van der Waals surface area (Å²) < 4.78 is 0.